The zero-order chi connectivity index (χ0) is 26.6. The number of methoxy groups -OCH3 is 1. The molecule has 1 aromatic carbocycles. The fourth-order valence-electron chi connectivity index (χ4n) is 5.50. The lowest BCUT2D eigenvalue weighted by Gasteiger charge is -2.43. The first-order chi connectivity index (χ1) is 18.5. The molecule has 3 aromatic rings. The summed E-state index contributed by atoms with van der Waals surface area (Å²) in [6.45, 7) is 8.11. The summed E-state index contributed by atoms with van der Waals surface area (Å²) in [5, 5.41) is 12.7. The van der Waals surface area contributed by atoms with E-state index in [0.717, 1.165) is 44.0 Å². The Hall–Kier alpha value is -3.84. The molecule has 2 aromatic heterocycles. The van der Waals surface area contributed by atoms with Gasteiger partial charge >= 0.3 is 6.01 Å². The van der Waals surface area contributed by atoms with Crippen LogP contribution in [0.25, 0.3) is 5.65 Å². The number of nitrogens with zero attached hydrogens (tertiary/aromatic N) is 7. The number of benzene rings is 1. The average molecular weight is 518 g/mol. The van der Waals surface area contributed by atoms with Crippen molar-refractivity contribution in [3.8, 4) is 24.1 Å². The minimum Gasteiger partial charge on any atom is -0.492 e. The van der Waals surface area contributed by atoms with Gasteiger partial charge in [-0.3, -0.25) is 9.69 Å². The normalized spacial score (nSPS) is 20.9. The van der Waals surface area contributed by atoms with E-state index in [2.05, 4.69) is 62.2 Å². The summed E-state index contributed by atoms with van der Waals surface area (Å²) in [5.74, 6) is 5.19. The van der Waals surface area contributed by atoms with E-state index in [-0.39, 0.29) is 18.0 Å². The maximum absolute atomic E-state index is 11.8. The molecular weight excluding hydrogens is 482 g/mol. The second-order valence-corrected chi connectivity index (χ2v) is 10.0. The molecule has 4 heterocycles. The summed E-state index contributed by atoms with van der Waals surface area (Å²) in [5.41, 5.74) is 2.01. The van der Waals surface area contributed by atoms with Crippen molar-refractivity contribution in [3.63, 3.8) is 0 Å². The molecule has 2 atom stereocenters. The van der Waals surface area contributed by atoms with Gasteiger partial charge in [0.1, 0.15) is 18.2 Å². The molecule has 0 bridgehead atoms. The van der Waals surface area contributed by atoms with Crippen molar-refractivity contribution in [1.29, 1.82) is 0 Å². The highest BCUT2D eigenvalue weighted by Crippen LogP contribution is 2.31. The van der Waals surface area contributed by atoms with Gasteiger partial charge in [0.2, 0.25) is 5.91 Å². The third kappa shape index (κ3) is 5.38. The topological polar surface area (TPSA) is 88.3 Å². The summed E-state index contributed by atoms with van der Waals surface area (Å²) < 4.78 is 12.9. The number of aromatic nitrogens is 4. The van der Waals surface area contributed by atoms with Crippen LogP contribution in [0.4, 0.5) is 5.82 Å². The molecular formula is C28H35N7O3. The quantitative estimate of drug-likeness (QED) is 0.442. The molecule has 0 aliphatic carbocycles. The minimum absolute atomic E-state index is 0.0737. The van der Waals surface area contributed by atoms with Gasteiger partial charge in [0.25, 0.3) is 0 Å². The Bertz CT molecular complexity index is 1290. The lowest BCUT2D eigenvalue weighted by atomic mass is 9.89. The lowest BCUT2D eigenvalue weighted by molar-refractivity contribution is -0.132. The summed E-state index contributed by atoms with van der Waals surface area (Å²) in [7, 11) is 1.57. The molecule has 2 aliphatic rings. The predicted molar refractivity (Wildman–Crippen MR) is 145 cm³/mol. The number of carbonyl (C=O) groups is 1. The fourth-order valence-corrected chi connectivity index (χ4v) is 5.50. The molecule has 0 spiro atoms. The van der Waals surface area contributed by atoms with E-state index in [1.54, 1.807) is 18.5 Å². The minimum atomic E-state index is -0.0877. The number of piperazine rings is 1. The van der Waals surface area contributed by atoms with Crippen molar-refractivity contribution in [2.75, 3.05) is 51.3 Å². The number of piperidine rings is 1. The van der Waals surface area contributed by atoms with Gasteiger partial charge in [0, 0.05) is 45.7 Å². The number of hydrogen-bond acceptors (Lipinski definition) is 8. The summed E-state index contributed by atoms with van der Waals surface area (Å²) in [4.78, 5) is 18.2. The van der Waals surface area contributed by atoms with Crippen molar-refractivity contribution in [1.82, 2.24) is 29.6 Å². The van der Waals surface area contributed by atoms with Gasteiger partial charge in [-0.1, -0.05) is 23.2 Å². The van der Waals surface area contributed by atoms with Crippen LogP contribution in [0.15, 0.2) is 36.4 Å². The third-order valence-corrected chi connectivity index (χ3v) is 7.67. The van der Waals surface area contributed by atoms with Gasteiger partial charge in [0.15, 0.2) is 5.65 Å². The van der Waals surface area contributed by atoms with Crippen LogP contribution in [-0.4, -0.2) is 94.0 Å². The highest BCUT2D eigenvalue weighted by Gasteiger charge is 2.32. The van der Waals surface area contributed by atoms with Crippen molar-refractivity contribution in [2.24, 2.45) is 0 Å². The summed E-state index contributed by atoms with van der Waals surface area (Å²) in [6, 6.07) is 12.9. The third-order valence-electron chi connectivity index (χ3n) is 7.67. The Kier molecular flexibility index (Phi) is 7.65. The van der Waals surface area contributed by atoms with Gasteiger partial charge in [-0.25, -0.2) is 0 Å². The number of hydrogen-bond donors (Lipinski definition) is 0. The molecule has 0 unspecified atom stereocenters. The maximum atomic E-state index is 11.8. The van der Waals surface area contributed by atoms with Crippen LogP contribution in [0, 0.1) is 12.3 Å². The number of ether oxygens (including phenoxy) is 2. The smallest absolute Gasteiger partial charge is 0.338 e. The molecule has 5 rings (SSSR count). The molecule has 2 fully saturated rings. The number of anilines is 1. The zero-order valence-corrected chi connectivity index (χ0v) is 22.3. The monoisotopic (exact) mass is 517 g/mol. The molecule has 1 amide bonds. The Balaban J connectivity index is 1.11. The van der Waals surface area contributed by atoms with Crippen molar-refractivity contribution < 1.29 is 14.3 Å². The Morgan fingerprint density at radius 1 is 1.11 bits per heavy atom. The first-order valence-electron chi connectivity index (χ1n) is 13.2. The maximum Gasteiger partial charge on any atom is 0.338 e. The van der Waals surface area contributed by atoms with Gasteiger partial charge in [-0.2, -0.15) is 4.52 Å². The average Bonchev–Trinajstić information content (AvgIpc) is 3.36. The molecule has 10 nitrogen and oxygen atoms in total. The van der Waals surface area contributed by atoms with Crippen LogP contribution in [-0.2, 0) is 4.79 Å². The predicted octanol–water partition coefficient (Wildman–Crippen LogP) is 2.45. The Morgan fingerprint density at radius 2 is 1.87 bits per heavy atom. The molecule has 2 saturated heterocycles. The highest BCUT2D eigenvalue weighted by molar-refractivity contribution is 5.73. The molecule has 0 saturated carbocycles. The van der Waals surface area contributed by atoms with E-state index in [0.29, 0.717) is 37.3 Å². The first kappa shape index (κ1) is 25.8. The van der Waals surface area contributed by atoms with Gasteiger partial charge in [-0.05, 0) is 55.5 Å². The Labute approximate surface area is 223 Å². The van der Waals surface area contributed by atoms with Gasteiger partial charge in [-0.15, -0.1) is 16.6 Å². The van der Waals surface area contributed by atoms with Crippen LogP contribution in [0.2, 0.25) is 0 Å². The SMILES string of the molecule is C#C[C@@H]1CN(C(C)=O)C[C@H](C)N1CCOc1ccc(C2CCN(c3ccc4nnc(OC)n4n3)CC2)cc1. The number of fused-ring (bicyclic) bond motifs is 1. The number of amides is 1. The zero-order valence-electron chi connectivity index (χ0n) is 22.3. The molecule has 0 radical (unpaired) electrons. The number of carbonyl (C=O) groups excluding carboxylic acids is 1. The second kappa shape index (κ2) is 11.3. The first-order valence-corrected chi connectivity index (χ1v) is 13.2. The van der Waals surface area contributed by atoms with Crippen LogP contribution in [0.3, 0.4) is 0 Å². The largest absolute Gasteiger partial charge is 0.492 e. The molecule has 2 aliphatic heterocycles. The fraction of sp³-hybridized carbons (Fsp3) is 0.500. The van der Waals surface area contributed by atoms with Gasteiger partial charge < -0.3 is 19.3 Å². The van der Waals surface area contributed by atoms with Crippen molar-refractivity contribution in [2.45, 2.75) is 44.7 Å². The summed E-state index contributed by atoms with van der Waals surface area (Å²) in [6.07, 6.45) is 7.88. The van der Waals surface area contributed by atoms with E-state index < -0.39 is 0 Å². The van der Waals surface area contributed by atoms with Crippen LogP contribution < -0.4 is 14.4 Å². The van der Waals surface area contributed by atoms with Crippen LogP contribution in [0.1, 0.15) is 38.2 Å². The van der Waals surface area contributed by atoms with E-state index in [4.69, 9.17) is 15.9 Å². The standard InChI is InChI=1S/C28H35N7O3/c1-5-24-19-33(21(3)36)18-20(2)34(24)16-17-38-25-8-6-22(7-9-25)23-12-14-32(15-13-23)27-11-10-26-29-30-28(37-4)35(26)31-27/h1,6-11,20,23-24H,12-19H2,2-4H3/t20-,24+/m0/s1. The lowest BCUT2D eigenvalue weighted by Crippen LogP contribution is -2.58. The van der Waals surface area contributed by atoms with E-state index in [1.165, 1.54) is 5.56 Å². The van der Waals surface area contributed by atoms with Crippen LogP contribution >= 0.6 is 0 Å². The molecule has 10 heteroatoms. The van der Waals surface area contributed by atoms with E-state index in [1.807, 2.05) is 17.0 Å². The molecule has 200 valence electrons. The molecule has 0 N–H and O–H groups in total. The highest BCUT2D eigenvalue weighted by atomic mass is 16.5. The van der Waals surface area contributed by atoms with Gasteiger partial charge in [0.05, 0.1) is 13.2 Å². The number of terminal acetylenes is 1. The van der Waals surface area contributed by atoms with Crippen LogP contribution in [0.5, 0.6) is 11.8 Å². The second-order valence-electron chi connectivity index (χ2n) is 10.0. The molecule has 38 heavy (non-hydrogen) atoms. The number of rotatable bonds is 7. The Morgan fingerprint density at radius 3 is 2.55 bits per heavy atom. The van der Waals surface area contributed by atoms with E-state index in [9.17, 15) is 4.79 Å². The van der Waals surface area contributed by atoms with Crippen molar-refractivity contribution >= 4 is 17.4 Å². The van der Waals surface area contributed by atoms with E-state index >= 15 is 0 Å². The van der Waals surface area contributed by atoms with Crippen molar-refractivity contribution in [3.05, 3.63) is 42.0 Å². The summed E-state index contributed by atoms with van der Waals surface area (Å²) >= 11 is 0.